The lowest BCUT2D eigenvalue weighted by Gasteiger charge is -2.52. The minimum absolute atomic E-state index is 0.0107. The van der Waals surface area contributed by atoms with Crippen molar-refractivity contribution in [1.82, 2.24) is 9.80 Å². The highest BCUT2D eigenvalue weighted by Crippen LogP contribution is 2.43. The number of hydrogen-bond acceptors (Lipinski definition) is 5. The summed E-state index contributed by atoms with van der Waals surface area (Å²) in [4.78, 5) is 28.6. The maximum Gasteiger partial charge on any atom is 0.241 e. The van der Waals surface area contributed by atoms with E-state index >= 15 is 0 Å². The van der Waals surface area contributed by atoms with Crippen molar-refractivity contribution in [2.24, 2.45) is 11.7 Å². The van der Waals surface area contributed by atoms with Crippen LogP contribution < -0.4 is 5.73 Å². The first kappa shape index (κ1) is 20.5. The zero-order chi connectivity index (χ0) is 19.0. The molecule has 0 aliphatic carbocycles. The first-order valence-corrected chi connectivity index (χ1v) is 10.1. The molecule has 7 heteroatoms. The third kappa shape index (κ3) is 4.68. The molecule has 1 spiro atoms. The number of carbonyl (C=O) groups is 2. The van der Waals surface area contributed by atoms with Gasteiger partial charge in [0.15, 0.2) is 0 Å². The van der Waals surface area contributed by atoms with Gasteiger partial charge in [-0.3, -0.25) is 9.59 Å². The molecule has 2 aliphatic rings. The van der Waals surface area contributed by atoms with Gasteiger partial charge in [-0.1, -0.05) is 13.8 Å². The summed E-state index contributed by atoms with van der Waals surface area (Å²) in [6.07, 6.45) is 0.254. The molecule has 2 saturated heterocycles. The van der Waals surface area contributed by atoms with Crippen LogP contribution in [0.2, 0.25) is 0 Å². The van der Waals surface area contributed by atoms with Crippen molar-refractivity contribution < 1.29 is 14.3 Å². The minimum Gasteiger partial charge on any atom is -0.372 e. The molecule has 0 saturated carbocycles. The maximum absolute atomic E-state index is 12.7. The van der Waals surface area contributed by atoms with Crippen LogP contribution in [0.4, 0.5) is 0 Å². The Balaban J connectivity index is 1.91. The number of hydrogen-bond donors (Lipinski definition) is 1. The molecule has 2 N–H and O–H groups in total. The number of likely N-dealkylation sites (tertiary alicyclic amines) is 1. The molecule has 2 rings (SSSR count). The highest BCUT2D eigenvalue weighted by Gasteiger charge is 2.55. The number of nitrogens with zero attached hydrogens (tertiary/aromatic N) is 2. The zero-order valence-electron chi connectivity index (χ0n) is 16.4. The molecule has 0 unspecified atom stereocenters. The Bertz CT molecular complexity index is 512. The second-order valence-electron chi connectivity index (χ2n) is 8.55. The summed E-state index contributed by atoms with van der Waals surface area (Å²) in [6.45, 7) is 13.7. The largest absolute Gasteiger partial charge is 0.372 e. The molecule has 2 amide bonds. The van der Waals surface area contributed by atoms with E-state index in [0.29, 0.717) is 19.5 Å². The molecule has 2 atom stereocenters. The van der Waals surface area contributed by atoms with E-state index < -0.39 is 6.04 Å². The summed E-state index contributed by atoms with van der Waals surface area (Å²) in [7, 11) is 0. The molecule has 6 nitrogen and oxygen atoms in total. The number of rotatable bonds is 5. The van der Waals surface area contributed by atoms with Gasteiger partial charge in [-0.05, 0) is 33.6 Å². The molecule has 25 heavy (non-hydrogen) atoms. The van der Waals surface area contributed by atoms with Crippen LogP contribution in [0.25, 0.3) is 0 Å². The van der Waals surface area contributed by atoms with Crippen molar-refractivity contribution in [2.45, 2.75) is 70.6 Å². The van der Waals surface area contributed by atoms with Gasteiger partial charge in [-0.2, -0.15) is 0 Å². The molecular weight excluding hydrogens is 338 g/mol. The van der Waals surface area contributed by atoms with Crippen molar-refractivity contribution in [3.63, 3.8) is 0 Å². The molecule has 2 aliphatic heterocycles. The Morgan fingerprint density at radius 1 is 1.24 bits per heavy atom. The van der Waals surface area contributed by atoms with Gasteiger partial charge < -0.3 is 20.3 Å². The average molecular weight is 372 g/mol. The van der Waals surface area contributed by atoms with Gasteiger partial charge in [0, 0.05) is 12.3 Å². The molecule has 2 heterocycles. The van der Waals surface area contributed by atoms with E-state index in [2.05, 4.69) is 0 Å². The first-order valence-electron chi connectivity index (χ1n) is 9.12. The van der Waals surface area contributed by atoms with Gasteiger partial charge >= 0.3 is 0 Å². The van der Waals surface area contributed by atoms with Gasteiger partial charge in [-0.25, -0.2) is 0 Å². The monoisotopic (exact) mass is 371 g/mol. The SMILES string of the molecule is CC(C)[C@H](N)C(=O)N1CCSC12CN(C(=O)C[C@@H](C)OC(C)(C)C)C2. The van der Waals surface area contributed by atoms with Crippen LogP contribution in [0, 0.1) is 5.92 Å². The molecule has 0 aromatic carbocycles. The van der Waals surface area contributed by atoms with Crippen LogP contribution >= 0.6 is 11.8 Å². The topological polar surface area (TPSA) is 75.9 Å². The lowest BCUT2D eigenvalue weighted by molar-refractivity contribution is -0.152. The average Bonchev–Trinajstić information content (AvgIpc) is 2.86. The van der Waals surface area contributed by atoms with Crippen LogP contribution in [0.3, 0.4) is 0 Å². The van der Waals surface area contributed by atoms with Crippen molar-refractivity contribution >= 4 is 23.6 Å². The third-order valence-electron chi connectivity index (χ3n) is 4.69. The smallest absolute Gasteiger partial charge is 0.241 e. The van der Waals surface area contributed by atoms with Gasteiger partial charge in [0.1, 0.15) is 4.87 Å². The number of carbonyl (C=O) groups excluding carboxylic acids is 2. The maximum atomic E-state index is 12.7. The van der Waals surface area contributed by atoms with Crippen molar-refractivity contribution in [3.05, 3.63) is 0 Å². The lowest BCUT2D eigenvalue weighted by atomic mass is 9.99. The standard InChI is InChI=1S/C18H33N3O3S/c1-12(2)15(19)16(23)21-7-8-25-18(21)10-20(11-18)14(22)9-13(3)24-17(4,5)6/h12-13,15H,7-11,19H2,1-6H3/t13-,15+/m1/s1. The van der Waals surface area contributed by atoms with E-state index in [1.165, 1.54) is 0 Å². The molecule has 0 aromatic rings. The van der Waals surface area contributed by atoms with Crippen molar-refractivity contribution in [1.29, 1.82) is 0 Å². The van der Waals surface area contributed by atoms with Gasteiger partial charge in [0.05, 0.1) is 37.3 Å². The summed E-state index contributed by atoms with van der Waals surface area (Å²) in [5.74, 6) is 1.12. The molecule has 0 bridgehead atoms. The molecule has 0 radical (unpaired) electrons. The first-order chi connectivity index (χ1) is 11.4. The number of ether oxygens (including phenoxy) is 1. The zero-order valence-corrected chi connectivity index (χ0v) is 17.2. The summed E-state index contributed by atoms with van der Waals surface area (Å²) < 4.78 is 5.83. The predicted molar refractivity (Wildman–Crippen MR) is 101 cm³/mol. The fourth-order valence-electron chi connectivity index (χ4n) is 3.39. The van der Waals surface area contributed by atoms with Crippen molar-refractivity contribution in [2.75, 3.05) is 25.4 Å². The Labute approximate surface area is 155 Å². The van der Waals surface area contributed by atoms with Crippen LogP contribution in [-0.4, -0.2) is 69.6 Å². The summed E-state index contributed by atoms with van der Waals surface area (Å²) in [6, 6.07) is -0.472. The van der Waals surface area contributed by atoms with E-state index in [-0.39, 0.29) is 34.3 Å². The fourth-order valence-corrected chi connectivity index (χ4v) is 4.88. The second-order valence-corrected chi connectivity index (χ2v) is 10.0. The van der Waals surface area contributed by atoms with E-state index in [4.69, 9.17) is 10.5 Å². The van der Waals surface area contributed by atoms with Crippen LogP contribution in [0.1, 0.15) is 48.0 Å². The van der Waals surface area contributed by atoms with E-state index in [1.54, 1.807) is 11.8 Å². The fraction of sp³-hybridized carbons (Fsp3) is 0.889. The number of nitrogens with two attached hydrogens (primary N) is 1. The Hall–Kier alpha value is -0.790. The lowest BCUT2D eigenvalue weighted by Crippen LogP contribution is -2.70. The third-order valence-corrected chi connectivity index (χ3v) is 6.09. The van der Waals surface area contributed by atoms with E-state index in [9.17, 15) is 9.59 Å². The number of thioether (sulfide) groups is 1. The Morgan fingerprint density at radius 2 is 1.84 bits per heavy atom. The quantitative estimate of drug-likeness (QED) is 0.796. The molecule has 2 fully saturated rings. The molecular formula is C18H33N3O3S. The van der Waals surface area contributed by atoms with Gasteiger partial charge in [0.25, 0.3) is 0 Å². The molecule has 144 valence electrons. The summed E-state index contributed by atoms with van der Waals surface area (Å²) in [5.41, 5.74) is 5.80. The second kappa shape index (κ2) is 7.45. The molecule has 0 aromatic heterocycles. The van der Waals surface area contributed by atoms with Crippen molar-refractivity contribution in [3.8, 4) is 0 Å². The van der Waals surface area contributed by atoms with E-state index in [0.717, 1.165) is 12.3 Å². The van der Waals surface area contributed by atoms with E-state index in [1.807, 2.05) is 51.3 Å². The highest BCUT2D eigenvalue weighted by molar-refractivity contribution is 8.01. The summed E-state index contributed by atoms with van der Waals surface area (Å²) in [5, 5.41) is 0. The minimum atomic E-state index is -0.472. The normalized spacial score (nSPS) is 22.2. The number of amides is 2. The van der Waals surface area contributed by atoms with Crippen LogP contribution in [0.15, 0.2) is 0 Å². The van der Waals surface area contributed by atoms with Gasteiger partial charge in [-0.15, -0.1) is 11.8 Å². The Morgan fingerprint density at radius 3 is 2.36 bits per heavy atom. The van der Waals surface area contributed by atoms with Crippen LogP contribution in [0.5, 0.6) is 0 Å². The van der Waals surface area contributed by atoms with Crippen LogP contribution in [-0.2, 0) is 14.3 Å². The predicted octanol–water partition coefficient (Wildman–Crippen LogP) is 1.68. The summed E-state index contributed by atoms with van der Waals surface area (Å²) >= 11 is 1.77. The Kier molecular flexibility index (Phi) is 6.11. The van der Waals surface area contributed by atoms with Gasteiger partial charge in [0.2, 0.25) is 11.8 Å². The highest BCUT2D eigenvalue weighted by atomic mass is 32.2.